The second-order valence-electron chi connectivity index (χ2n) is 9.87. The fourth-order valence-electron chi connectivity index (χ4n) is 4.97. The Morgan fingerprint density at radius 3 is 2.60 bits per heavy atom. The Hall–Kier alpha value is -2.32. The third-order valence-corrected chi connectivity index (χ3v) is 8.40. The molecule has 3 aliphatic rings. The Labute approximate surface area is 211 Å². The lowest BCUT2D eigenvalue weighted by molar-refractivity contribution is 0.00173. The van der Waals surface area contributed by atoms with Gasteiger partial charge in [-0.1, -0.05) is 19.9 Å². The molecule has 3 unspecified atom stereocenters. The molecule has 0 saturated carbocycles. The van der Waals surface area contributed by atoms with Crippen molar-refractivity contribution in [2.24, 2.45) is 11.8 Å². The van der Waals surface area contributed by atoms with Crippen molar-refractivity contribution >= 4 is 17.4 Å². The minimum absolute atomic E-state index is 0.0431. The van der Waals surface area contributed by atoms with Crippen LogP contribution in [0.3, 0.4) is 0 Å². The summed E-state index contributed by atoms with van der Waals surface area (Å²) in [4.78, 5) is 4.48. The quantitative estimate of drug-likeness (QED) is 0.508. The van der Waals surface area contributed by atoms with Crippen LogP contribution >= 0.6 is 11.3 Å². The van der Waals surface area contributed by atoms with Crippen molar-refractivity contribution in [1.29, 1.82) is 0 Å². The van der Waals surface area contributed by atoms with Crippen molar-refractivity contribution in [1.82, 2.24) is 4.90 Å². The monoisotopic (exact) mass is 497 g/mol. The first kappa shape index (κ1) is 24.4. The van der Waals surface area contributed by atoms with Gasteiger partial charge in [0.05, 0.1) is 36.6 Å². The normalized spacial score (nSPS) is 26.9. The van der Waals surface area contributed by atoms with E-state index in [1.807, 2.05) is 25.1 Å². The highest BCUT2D eigenvalue weighted by Crippen LogP contribution is 2.48. The Balaban J connectivity index is 1.31. The second-order valence-corrected chi connectivity index (χ2v) is 10.9. The Kier molecular flexibility index (Phi) is 7.48. The molecule has 0 amide bonds. The van der Waals surface area contributed by atoms with E-state index >= 15 is 0 Å². The maximum atomic E-state index is 10.3. The maximum Gasteiger partial charge on any atom is 0.142 e. The Morgan fingerprint density at radius 1 is 1.09 bits per heavy atom. The zero-order valence-electron chi connectivity index (χ0n) is 20.5. The van der Waals surface area contributed by atoms with Crippen molar-refractivity contribution in [2.75, 3.05) is 39.5 Å². The van der Waals surface area contributed by atoms with Crippen LogP contribution in [-0.4, -0.2) is 66.8 Å². The van der Waals surface area contributed by atoms with E-state index in [9.17, 15) is 10.2 Å². The van der Waals surface area contributed by atoms with Crippen molar-refractivity contribution in [2.45, 2.75) is 38.9 Å². The predicted molar refractivity (Wildman–Crippen MR) is 139 cm³/mol. The molecule has 1 aromatic heterocycles. The molecule has 1 saturated heterocycles. The van der Waals surface area contributed by atoms with Gasteiger partial charge in [-0.05, 0) is 60.7 Å². The number of nitrogens with zero attached hydrogens (tertiary/aromatic N) is 1. The standard InChI is InChI=1S/C28H35NO5S/c1-18-16-23-26(17-24(18)31)35-28(20-3-5-21(30)6-4-20)27(23)34-25-8-7-22(15-19(25)2)33-14-11-29-9-12-32-13-10-29/h3-8,17-19,22,25,30-31H,9-16H2,1-2H3/t18?,19?,22-,25?/m1/s1. The highest BCUT2D eigenvalue weighted by Gasteiger charge is 2.31. The van der Waals surface area contributed by atoms with Gasteiger partial charge in [0, 0.05) is 36.0 Å². The van der Waals surface area contributed by atoms with Gasteiger partial charge in [0.15, 0.2) is 0 Å². The zero-order chi connectivity index (χ0) is 24.4. The number of rotatable bonds is 7. The molecular weight excluding hydrogens is 462 g/mol. The number of fused-ring (bicyclic) bond motifs is 1. The number of phenolic OH excluding ortho intramolecular Hbond substituents is 1. The van der Waals surface area contributed by atoms with Crippen LogP contribution < -0.4 is 4.74 Å². The number of allylic oxidation sites excluding steroid dienone is 1. The van der Waals surface area contributed by atoms with E-state index in [2.05, 4.69) is 24.0 Å². The number of thiophene rings is 1. The van der Waals surface area contributed by atoms with E-state index < -0.39 is 0 Å². The minimum Gasteiger partial charge on any atom is -0.512 e. The van der Waals surface area contributed by atoms with Crippen LogP contribution in [0.1, 0.15) is 30.7 Å². The average Bonchev–Trinajstić information content (AvgIpc) is 3.19. The predicted octanol–water partition coefficient (Wildman–Crippen LogP) is 5.27. The summed E-state index contributed by atoms with van der Waals surface area (Å²) in [7, 11) is 0. The van der Waals surface area contributed by atoms with Crippen LogP contribution in [-0.2, 0) is 15.9 Å². The van der Waals surface area contributed by atoms with Gasteiger partial charge in [0.1, 0.15) is 17.6 Å². The molecule has 5 rings (SSSR count). The molecule has 35 heavy (non-hydrogen) atoms. The SMILES string of the molecule is CC1Cc2c(sc(-c3ccc(O)cc3)c2OC2C=C[C@@H](OCCN3CCOCC3)CC2C)C=C1O. The summed E-state index contributed by atoms with van der Waals surface area (Å²) in [5, 5.41) is 20.1. The van der Waals surface area contributed by atoms with E-state index in [0.29, 0.717) is 11.7 Å². The van der Waals surface area contributed by atoms with E-state index in [0.717, 1.165) is 78.9 Å². The fourth-order valence-corrected chi connectivity index (χ4v) is 6.18. The van der Waals surface area contributed by atoms with E-state index in [1.165, 1.54) is 0 Å². The molecule has 7 heteroatoms. The molecule has 1 aromatic carbocycles. The van der Waals surface area contributed by atoms with E-state index in [1.54, 1.807) is 23.5 Å². The van der Waals surface area contributed by atoms with Crippen LogP contribution in [0.4, 0.5) is 0 Å². The number of aliphatic hydroxyl groups is 1. The second kappa shape index (κ2) is 10.7. The van der Waals surface area contributed by atoms with Crippen molar-refractivity contribution in [3.8, 4) is 21.9 Å². The van der Waals surface area contributed by atoms with Gasteiger partial charge in [-0.25, -0.2) is 0 Å². The van der Waals surface area contributed by atoms with Crippen LogP contribution in [0, 0.1) is 11.8 Å². The topological polar surface area (TPSA) is 71.4 Å². The molecule has 188 valence electrons. The van der Waals surface area contributed by atoms with Crippen LogP contribution in [0.2, 0.25) is 0 Å². The summed E-state index contributed by atoms with van der Waals surface area (Å²) in [6.07, 6.45) is 7.91. The molecule has 4 atom stereocenters. The number of hydrogen-bond acceptors (Lipinski definition) is 7. The molecule has 1 fully saturated rings. The first-order valence-electron chi connectivity index (χ1n) is 12.6. The lowest BCUT2D eigenvalue weighted by Gasteiger charge is -2.31. The third-order valence-electron chi connectivity index (χ3n) is 7.19. The number of morpholine rings is 1. The number of ether oxygens (including phenoxy) is 3. The number of benzene rings is 1. The molecule has 6 nitrogen and oxygen atoms in total. The summed E-state index contributed by atoms with van der Waals surface area (Å²) < 4.78 is 18.3. The summed E-state index contributed by atoms with van der Waals surface area (Å²) in [6, 6.07) is 7.25. The van der Waals surface area contributed by atoms with Crippen molar-refractivity contribution in [3.63, 3.8) is 0 Å². The summed E-state index contributed by atoms with van der Waals surface area (Å²) >= 11 is 1.64. The first-order chi connectivity index (χ1) is 17.0. The molecule has 0 radical (unpaired) electrons. The van der Waals surface area contributed by atoms with Crippen LogP contribution in [0.5, 0.6) is 11.5 Å². The van der Waals surface area contributed by atoms with Crippen LogP contribution in [0.25, 0.3) is 16.5 Å². The van der Waals surface area contributed by atoms with Gasteiger partial charge in [-0.3, -0.25) is 4.90 Å². The Bertz CT molecular complexity index is 1070. The first-order valence-corrected chi connectivity index (χ1v) is 13.4. The molecule has 1 aliphatic heterocycles. The average molecular weight is 498 g/mol. The van der Waals surface area contributed by atoms with Gasteiger partial charge < -0.3 is 24.4 Å². The highest BCUT2D eigenvalue weighted by molar-refractivity contribution is 7.17. The number of aromatic hydroxyl groups is 1. The van der Waals surface area contributed by atoms with Crippen LogP contribution in [0.15, 0.2) is 42.2 Å². The third kappa shape index (κ3) is 5.59. The van der Waals surface area contributed by atoms with Crippen molar-refractivity contribution in [3.05, 3.63) is 52.6 Å². The molecule has 2 aliphatic carbocycles. The van der Waals surface area contributed by atoms with Gasteiger partial charge in [0.25, 0.3) is 0 Å². The van der Waals surface area contributed by atoms with E-state index in [4.69, 9.17) is 14.2 Å². The lowest BCUT2D eigenvalue weighted by Crippen LogP contribution is -2.39. The Morgan fingerprint density at radius 2 is 1.86 bits per heavy atom. The lowest BCUT2D eigenvalue weighted by atomic mass is 9.90. The smallest absolute Gasteiger partial charge is 0.142 e. The minimum atomic E-state index is -0.0431. The molecule has 2 heterocycles. The van der Waals surface area contributed by atoms with Crippen molar-refractivity contribution < 1.29 is 24.4 Å². The molecule has 0 bridgehead atoms. The van der Waals surface area contributed by atoms with Gasteiger partial charge in [-0.2, -0.15) is 0 Å². The summed E-state index contributed by atoms with van der Waals surface area (Å²) in [6.45, 7) is 9.52. The molecule has 2 N–H and O–H groups in total. The number of aliphatic hydroxyl groups excluding tert-OH is 1. The highest BCUT2D eigenvalue weighted by atomic mass is 32.1. The van der Waals surface area contributed by atoms with Gasteiger partial charge >= 0.3 is 0 Å². The largest absolute Gasteiger partial charge is 0.512 e. The summed E-state index contributed by atoms with van der Waals surface area (Å²) in [5.74, 6) is 1.94. The zero-order valence-corrected chi connectivity index (χ0v) is 21.3. The molecule has 2 aromatic rings. The number of hydrogen-bond donors (Lipinski definition) is 2. The van der Waals surface area contributed by atoms with E-state index in [-0.39, 0.29) is 23.9 Å². The molecular formula is C28H35NO5S. The fraction of sp³-hybridized carbons (Fsp3) is 0.500. The van der Waals surface area contributed by atoms with Gasteiger partial charge in [-0.15, -0.1) is 11.3 Å². The molecule has 0 spiro atoms. The van der Waals surface area contributed by atoms with Gasteiger partial charge in [0.2, 0.25) is 0 Å². The maximum absolute atomic E-state index is 10.3. The summed E-state index contributed by atoms with van der Waals surface area (Å²) in [5.41, 5.74) is 2.17. The number of phenols is 1.